The zero-order valence-corrected chi connectivity index (χ0v) is 15.2. The molecule has 0 aliphatic heterocycles. The highest BCUT2D eigenvalue weighted by Crippen LogP contribution is 2.29. The van der Waals surface area contributed by atoms with Crippen molar-refractivity contribution < 1.29 is 9.53 Å². The summed E-state index contributed by atoms with van der Waals surface area (Å²) in [5.41, 5.74) is 9.15. The molecule has 0 bridgehead atoms. The number of benzene rings is 2. The Morgan fingerprint density at radius 3 is 2.62 bits per heavy atom. The molecule has 0 saturated carbocycles. The molecule has 3 rings (SSSR count). The molecule has 0 unspecified atom stereocenters. The maximum atomic E-state index is 12.3. The first-order valence-corrected chi connectivity index (χ1v) is 8.43. The van der Waals surface area contributed by atoms with Crippen LogP contribution in [0.4, 0.5) is 16.2 Å². The summed E-state index contributed by atoms with van der Waals surface area (Å²) in [7, 11) is 1.78. The van der Waals surface area contributed by atoms with E-state index in [4.69, 9.17) is 22.1 Å². The summed E-state index contributed by atoms with van der Waals surface area (Å²) in [5, 5.41) is 7.70. The van der Waals surface area contributed by atoms with Crippen molar-refractivity contribution in [3.05, 3.63) is 65.3 Å². The normalized spacial score (nSPS) is 11.8. The number of aromatic nitrogens is 2. The first-order chi connectivity index (χ1) is 12.4. The van der Waals surface area contributed by atoms with Crippen LogP contribution in [0, 0.1) is 0 Å². The van der Waals surface area contributed by atoms with Gasteiger partial charge in [-0.1, -0.05) is 41.9 Å². The molecule has 0 aliphatic rings. The number of nitrogen functional groups attached to an aromatic ring is 1. The summed E-state index contributed by atoms with van der Waals surface area (Å²) in [4.78, 5) is 12.3. The SMILES string of the molecule is C[C@@H](OC(=O)Nc1cn(C)nc1-c1ccc(N)cc1)c1ccccc1Cl. The van der Waals surface area contributed by atoms with E-state index in [0.29, 0.717) is 22.1 Å². The minimum absolute atomic E-state index is 0.486. The Morgan fingerprint density at radius 1 is 1.23 bits per heavy atom. The lowest BCUT2D eigenvalue weighted by molar-refractivity contribution is 0.121. The fourth-order valence-electron chi connectivity index (χ4n) is 2.60. The zero-order valence-electron chi connectivity index (χ0n) is 14.4. The minimum Gasteiger partial charge on any atom is -0.441 e. The predicted octanol–water partition coefficient (Wildman–Crippen LogP) is 4.63. The number of halogens is 1. The highest BCUT2D eigenvalue weighted by Gasteiger charge is 2.17. The molecular formula is C19H19ClN4O2. The maximum absolute atomic E-state index is 12.3. The molecule has 0 saturated heterocycles. The number of rotatable bonds is 4. The third-order valence-electron chi connectivity index (χ3n) is 3.88. The molecule has 1 heterocycles. The molecule has 1 aromatic heterocycles. The number of anilines is 2. The first-order valence-electron chi connectivity index (χ1n) is 8.05. The van der Waals surface area contributed by atoms with Crippen molar-refractivity contribution >= 4 is 29.1 Å². The van der Waals surface area contributed by atoms with Crippen LogP contribution in [0.2, 0.25) is 5.02 Å². The number of carbonyl (C=O) groups is 1. The van der Waals surface area contributed by atoms with Crippen molar-refractivity contribution in [1.29, 1.82) is 0 Å². The van der Waals surface area contributed by atoms with Crippen LogP contribution in [0.25, 0.3) is 11.3 Å². The summed E-state index contributed by atoms with van der Waals surface area (Å²) in [6.45, 7) is 1.77. The topological polar surface area (TPSA) is 82.2 Å². The number of aryl methyl sites for hydroxylation is 1. The lowest BCUT2D eigenvalue weighted by atomic mass is 10.1. The molecule has 134 valence electrons. The van der Waals surface area contributed by atoms with Gasteiger partial charge in [-0.05, 0) is 25.1 Å². The number of hydrogen-bond acceptors (Lipinski definition) is 4. The second-order valence-electron chi connectivity index (χ2n) is 5.88. The molecule has 0 radical (unpaired) electrons. The van der Waals surface area contributed by atoms with Crippen LogP contribution in [0.1, 0.15) is 18.6 Å². The minimum atomic E-state index is -0.581. The fraction of sp³-hybridized carbons (Fsp3) is 0.158. The van der Waals surface area contributed by atoms with E-state index in [-0.39, 0.29) is 0 Å². The van der Waals surface area contributed by atoms with Gasteiger partial charge in [0.2, 0.25) is 0 Å². The lowest BCUT2D eigenvalue weighted by Gasteiger charge is -2.15. The number of carbonyl (C=O) groups excluding carboxylic acids is 1. The molecule has 3 N–H and O–H groups in total. The van der Waals surface area contributed by atoms with Gasteiger partial charge in [0.15, 0.2) is 0 Å². The quantitative estimate of drug-likeness (QED) is 0.656. The van der Waals surface area contributed by atoms with E-state index >= 15 is 0 Å². The number of nitrogens with one attached hydrogen (secondary N) is 1. The van der Waals surface area contributed by atoms with Gasteiger partial charge >= 0.3 is 6.09 Å². The Hall–Kier alpha value is -2.99. The van der Waals surface area contributed by atoms with Gasteiger partial charge in [0, 0.05) is 35.1 Å². The number of hydrogen-bond donors (Lipinski definition) is 2. The Labute approximate surface area is 156 Å². The molecule has 1 atom stereocenters. The largest absolute Gasteiger partial charge is 0.441 e. The van der Waals surface area contributed by atoms with E-state index in [2.05, 4.69) is 10.4 Å². The first kappa shape index (κ1) is 17.8. The molecular weight excluding hydrogens is 352 g/mol. The van der Waals surface area contributed by atoms with Crippen molar-refractivity contribution in [1.82, 2.24) is 9.78 Å². The number of nitrogens with zero attached hydrogens (tertiary/aromatic N) is 2. The van der Waals surface area contributed by atoms with E-state index in [9.17, 15) is 4.79 Å². The van der Waals surface area contributed by atoms with Gasteiger partial charge in [-0.15, -0.1) is 0 Å². The van der Waals surface area contributed by atoms with Crippen LogP contribution in [0.3, 0.4) is 0 Å². The second kappa shape index (κ2) is 7.49. The van der Waals surface area contributed by atoms with Crippen molar-refractivity contribution in [3.63, 3.8) is 0 Å². The molecule has 0 fully saturated rings. The van der Waals surface area contributed by atoms with Gasteiger partial charge in [-0.2, -0.15) is 5.10 Å². The Morgan fingerprint density at radius 2 is 1.92 bits per heavy atom. The van der Waals surface area contributed by atoms with Crippen LogP contribution in [-0.2, 0) is 11.8 Å². The number of ether oxygens (including phenoxy) is 1. The average molecular weight is 371 g/mol. The van der Waals surface area contributed by atoms with Gasteiger partial charge in [0.1, 0.15) is 11.8 Å². The highest BCUT2D eigenvalue weighted by atomic mass is 35.5. The van der Waals surface area contributed by atoms with Crippen LogP contribution in [0.5, 0.6) is 0 Å². The molecule has 1 amide bonds. The molecule has 7 heteroatoms. The summed E-state index contributed by atoms with van der Waals surface area (Å²) >= 11 is 6.15. The van der Waals surface area contributed by atoms with Crippen LogP contribution in [0.15, 0.2) is 54.7 Å². The summed E-state index contributed by atoms with van der Waals surface area (Å²) in [5.74, 6) is 0. The summed E-state index contributed by atoms with van der Waals surface area (Å²) in [6.07, 6.45) is 0.648. The molecule has 6 nitrogen and oxygen atoms in total. The fourth-order valence-corrected chi connectivity index (χ4v) is 2.89. The Kier molecular flexibility index (Phi) is 5.14. The van der Waals surface area contributed by atoms with Crippen LogP contribution < -0.4 is 11.1 Å². The van der Waals surface area contributed by atoms with Crippen molar-refractivity contribution in [2.75, 3.05) is 11.1 Å². The van der Waals surface area contributed by atoms with E-state index in [0.717, 1.165) is 11.1 Å². The van der Waals surface area contributed by atoms with E-state index < -0.39 is 12.2 Å². The van der Waals surface area contributed by atoms with Crippen molar-refractivity contribution in [2.24, 2.45) is 7.05 Å². The van der Waals surface area contributed by atoms with Gasteiger partial charge in [-0.3, -0.25) is 10.00 Å². The molecule has 2 aromatic carbocycles. The van der Waals surface area contributed by atoms with Crippen molar-refractivity contribution in [2.45, 2.75) is 13.0 Å². The predicted molar refractivity (Wildman–Crippen MR) is 103 cm³/mol. The molecule has 3 aromatic rings. The van der Waals surface area contributed by atoms with Crippen LogP contribution in [-0.4, -0.2) is 15.9 Å². The van der Waals surface area contributed by atoms with Crippen LogP contribution >= 0.6 is 11.6 Å². The Bertz CT molecular complexity index is 922. The summed E-state index contributed by atoms with van der Waals surface area (Å²) in [6, 6.07) is 14.5. The van der Waals surface area contributed by atoms with Crippen molar-refractivity contribution in [3.8, 4) is 11.3 Å². The van der Waals surface area contributed by atoms with Gasteiger partial charge in [0.05, 0.1) is 5.69 Å². The van der Waals surface area contributed by atoms with E-state index in [1.54, 1.807) is 43.0 Å². The van der Waals surface area contributed by atoms with E-state index in [1.807, 2.05) is 30.3 Å². The monoisotopic (exact) mass is 370 g/mol. The summed E-state index contributed by atoms with van der Waals surface area (Å²) < 4.78 is 7.07. The van der Waals surface area contributed by atoms with E-state index in [1.165, 1.54) is 0 Å². The lowest BCUT2D eigenvalue weighted by Crippen LogP contribution is -2.16. The standard InChI is InChI=1S/C19H19ClN4O2/c1-12(15-5-3-4-6-16(15)20)26-19(25)22-17-11-24(2)23-18(17)13-7-9-14(21)10-8-13/h3-12H,21H2,1-2H3,(H,22,25)/t12-/m1/s1. The second-order valence-corrected chi connectivity index (χ2v) is 6.29. The van der Waals surface area contributed by atoms with Gasteiger partial charge in [-0.25, -0.2) is 4.79 Å². The maximum Gasteiger partial charge on any atom is 0.412 e. The third kappa shape index (κ3) is 3.97. The molecule has 0 spiro atoms. The smallest absolute Gasteiger partial charge is 0.412 e. The molecule has 0 aliphatic carbocycles. The highest BCUT2D eigenvalue weighted by molar-refractivity contribution is 6.31. The number of nitrogens with two attached hydrogens (primary N) is 1. The molecule has 26 heavy (non-hydrogen) atoms. The van der Waals surface area contributed by atoms with Gasteiger partial charge in [0.25, 0.3) is 0 Å². The third-order valence-corrected chi connectivity index (χ3v) is 4.22. The Balaban J connectivity index is 1.76. The zero-order chi connectivity index (χ0) is 18.7. The number of amides is 1. The van der Waals surface area contributed by atoms with Gasteiger partial charge < -0.3 is 10.5 Å². The average Bonchev–Trinajstić information content (AvgIpc) is 2.96.